The molecule has 1 aliphatic heterocycles. The molecule has 0 aromatic rings. The summed E-state index contributed by atoms with van der Waals surface area (Å²) in [5.41, 5.74) is 1.27. The average Bonchev–Trinajstić information content (AvgIpc) is 2.92. The van der Waals surface area contributed by atoms with Crippen LogP contribution in [0.25, 0.3) is 0 Å². The minimum Gasteiger partial charge on any atom is -0.382 e. The first kappa shape index (κ1) is 18.4. The second kappa shape index (κ2) is 11.0. The molecule has 1 heterocycles. The van der Waals surface area contributed by atoms with Gasteiger partial charge in [-0.3, -0.25) is 5.01 Å². The van der Waals surface area contributed by atoms with E-state index in [0.717, 1.165) is 32.6 Å². The number of ether oxygens (including phenoxy) is 3. The van der Waals surface area contributed by atoms with Gasteiger partial charge in [-0.15, -0.1) is 0 Å². The largest absolute Gasteiger partial charge is 0.382 e. The highest BCUT2D eigenvalue weighted by Gasteiger charge is 2.24. The van der Waals surface area contributed by atoms with Crippen molar-refractivity contribution in [3.63, 3.8) is 0 Å². The Bertz CT molecular complexity index is 297. The number of hydrogen-bond acceptors (Lipinski definition) is 5. The van der Waals surface area contributed by atoms with Gasteiger partial charge >= 0.3 is 0 Å². The fourth-order valence-corrected chi connectivity index (χ4v) is 2.67. The van der Waals surface area contributed by atoms with E-state index in [2.05, 4.69) is 18.9 Å². The summed E-state index contributed by atoms with van der Waals surface area (Å²) < 4.78 is 15.8. The topological polar surface area (TPSA) is 43.3 Å². The predicted octanol–water partition coefficient (Wildman–Crippen LogP) is 2.55. The van der Waals surface area contributed by atoms with Gasteiger partial charge in [0.15, 0.2) is 0 Å². The van der Waals surface area contributed by atoms with Gasteiger partial charge in [-0.1, -0.05) is 13.8 Å². The smallest absolute Gasteiger partial charge is 0.0704 e. The minimum atomic E-state index is 0.446. The molecule has 0 aromatic heterocycles. The van der Waals surface area contributed by atoms with Crippen LogP contribution in [-0.4, -0.2) is 64.0 Å². The van der Waals surface area contributed by atoms with Gasteiger partial charge in [0.2, 0.25) is 0 Å². The molecule has 21 heavy (non-hydrogen) atoms. The normalized spacial score (nSPS) is 21.0. The van der Waals surface area contributed by atoms with Crippen molar-refractivity contribution in [3.8, 4) is 0 Å². The molecular weight excluding hydrogens is 268 g/mol. The molecule has 0 saturated carbocycles. The summed E-state index contributed by atoms with van der Waals surface area (Å²) in [5, 5.41) is 7.13. The molecule has 0 unspecified atom stereocenters. The third kappa shape index (κ3) is 6.76. The lowest BCUT2D eigenvalue weighted by atomic mass is 10.0. The van der Waals surface area contributed by atoms with E-state index in [9.17, 15) is 0 Å². The maximum absolute atomic E-state index is 5.56. The van der Waals surface area contributed by atoms with E-state index < -0.39 is 0 Å². The van der Waals surface area contributed by atoms with Gasteiger partial charge < -0.3 is 14.2 Å². The van der Waals surface area contributed by atoms with Crippen molar-refractivity contribution in [2.24, 2.45) is 11.0 Å². The van der Waals surface area contributed by atoms with Crippen LogP contribution in [0.5, 0.6) is 0 Å². The first-order valence-corrected chi connectivity index (χ1v) is 8.12. The summed E-state index contributed by atoms with van der Waals surface area (Å²) in [7, 11) is 3.46. The second-order valence-electron chi connectivity index (χ2n) is 5.65. The molecule has 1 fully saturated rings. The van der Waals surface area contributed by atoms with E-state index in [1.807, 2.05) is 0 Å². The Labute approximate surface area is 129 Å². The Hall–Kier alpha value is -0.650. The van der Waals surface area contributed by atoms with Crippen LogP contribution in [-0.2, 0) is 14.2 Å². The van der Waals surface area contributed by atoms with E-state index in [0.29, 0.717) is 25.2 Å². The highest BCUT2D eigenvalue weighted by atomic mass is 16.5. The molecule has 0 aliphatic carbocycles. The molecule has 1 saturated heterocycles. The zero-order chi connectivity index (χ0) is 15.5. The van der Waals surface area contributed by atoms with Crippen LogP contribution in [0.4, 0.5) is 0 Å². The monoisotopic (exact) mass is 300 g/mol. The molecule has 1 aliphatic rings. The molecule has 0 radical (unpaired) electrons. The molecule has 0 aromatic carbocycles. The molecular formula is C16H32N2O3. The Morgan fingerprint density at radius 1 is 1.24 bits per heavy atom. The van der Waals surface area contributed by atoms with Gasteiger partial charge in [-0.2, -0.15) is 5.10 Å². The van der Waals surface area contributed by atoms with E-state index in [4.69, 9.17) is 19.3 Å². The van der Waals surface area contributed by atoms with Crippen molar-refractivity contribution in [2.75, 3.05) is 47.2 Å². The van der Waals surface area contributed by atoms with Crippen LogP contribution in [0, 0.1) is 5.92 Å². The highest BCUT2D eigenvalue weighted by Crippen LogP contribution is 2.20. The lowest BCUT2D eigenvalue weighted by Crippen LogP contribution is -2.30. The molecule has 5 heteroatoms. The molecule has 1 rings (SSSR count). The van der Waals surface area contributed by atoms with Gasteiger partial charge in [-0.25, -0.2) is 0 Å². The van der Waals surface area contributed by atoms with Gasteiger partial charge in [0.1, 0.15) is 0 Å². The number of rotatable bonds is 11. The van der Waals surface area contributed by atoms with E-state index in [1.165, 1.54) is 18.6 Å². The van der Waals surface area contributed by atoms with Gasteiger partial charge in [0.05, 0.1) is 25.9 Å². The fourth-order valence-electron chi connectivity index (χ4n) is 2.67. The van der Waals surface area contributed by atoms with Crippen molar-refractivity contribution < 1.29 is 14.2 Å². The summed E-state index contributed by atoms with van der Waals surface area (Å²) in [6.07, 6.45) is 4.40. The number of hydrazone groups is 1. The van der Waals surface area contributed by atoms with E-state index >= 15 is 0 Å². The van der Waals surface area contributed by atoms with Crippen LogP contribution in [0.1, 0.15) is 39.5 Å². The van der Waals surface area contributed by atoms with Crippen LogP contribution in [0.2, 0.25) is 0 Å². The third-order valence-electron chi connectivity index (χ3n) is 4.02. The number of hydrogen-bond donors (Lipinski definition) is 0. The maximum atomic E-state index is 5.56. The van der Waals surface area contributed by atoms with Crippen LogP contribution in [0.15, 0.2) is 5.10 Å². The minimum absolute atomic E-state index is 0.446. The van der Waals surface area contributed by atoms with Crippen molar-refractivity contribution in [2.45, 2.75) is 45.6 Å². The SMILES string of the molecule is CC/C(=N/N1CCC[C@H]1COC)[C@@H](C)CCOCCOC. The van der Waals surface area contributed by atoms with Crippen molar-refractivity contribution in [3.05, 3.63) is 0 Å². The van der Waals surface area contributed by atoms with Crippen LogP contribution < -0.4 is 0 Å². The van der Waals surface area contributed by atoms with Crippen molar-refractivity contribution in [1.82, 2.24) is 5.01 Å². The zero-order valence-electron chi connectivity index (χ0n) is 14.1. The summed E-state index contributed by atoms with van der Waals surface area (Å²) >= 11 is 0. The lowest BCUT2D eigenvalue weighted by Gasteiger charge is -2.24. The number of methoxy groups -OCH3 is 2. The van der Waals surface area contributed by atoms with E-state index in [-0.39, 0.29) is 0 Å². The fraction of sp³-hybridized carbons (Fsp3) is 0.938. The quantitative estimate of drug-likeness (QED) is 0.434. The van der Waals surface area contributed by atoms with Crippen molar-refractivity contribution in [1.29, 1.82) is 0 Å². The summed E-state index contributed by atoms with van der Waals surface area (Å²) in [6, 6.07) is 0.446. The molecule has 0 bridgehead atoms. The standard InChI is InChI=1S/C16H32N2O3/c1-5-16(14(2)8-10-21-12-11-19-3)17-18-9-6-7-15(18)13-20-4/h14-15H,5-13H2,1-4H3/b17-16-/t14-,15-/m0/s1. The Kier molecular flexibility index (Phi) is 9.63. The van der Waals surface area contributed by atoms with Gasteiger partial charge in [0.25, 0.3) is 0 Å². The second-order valence-corrected chi connectivity index (χ2v) is 5.65. The Morgan fingerprint density at radius 3 is 2.71 bits per heavy atom. The van der Waals surface area contributed by atoms with Crippen LogP contribution in [0.3, 0.4) is 0 Å². The molecule has 5 nitrogen and oxygen atoms in total. The first-order valence-electron chi connectivity index (χ1n) is 8.12. The highest BCUT2D eigenvalue weighted by molar-refractivity contribution is 5.86. The molecule has 0 amide bonds. The summed E-state index contributed by atoms with van der Waals surface area (Å²) in [4.78, 5) is 0. The third-order valence-corrected chi connectivity index (χ3v) is 4.02. The molecule has 0 N–H and O–H groups in total. The van der Waals surface area contributed by atoms with Gasteiger partial charge in [-0.05, 0) is 31.6 Å². The lowest BCUT2D eigenvalue weighted by molar-refractivity contribution is 0.0669. The zero-order valence-corrected chi connectivity index (χ0v) is 14.1. The van der Waals surface area contributed by atoms with Gasteiger partial charge in [0, 0.05) is 33.1 Å². The summed E-state index contributed by atoms with van der Waals surface area (Å²) in [5.74, 6) is 0.460. The van der Waals surface area contributed by atoms with Crippen molar-refractivity contribution >= 4 is 5.71 Å². The van der Waals surface area contributed by atoms with Crippen LogP contribution >= 0.6 is 0 Å². The molecule has 0 spiro atoms. The Balaban J connectivity index is 2.42. The molecule has 2 atom stereocenters. The average molecular weight is 300 g/mol. The molecule has 124 valence electrons. The number of nitrogens with zero attached hydrogens (tertiary/aromatic N) is 2. The maximum Gasteiger partial charge on any atom is 0.0704 e. The first-order chi connectivity index (χ1) is 10.2. The Morgan fingerprint density at radius 2 is 2.05 bits per heavy atom. The summed E-state index contributed by atoms with van der Waals surface area (Å²) in [6.45, 7) is 8.35. The predicted molar refractivity (Wildman–Crippen MR) is 85.8 cm³/mol. The van der Waals surface area contributed by atoms with E-state index in [1.54, 1.807) is 14.2 Å².